The van der Waals surface area contributed by atoms with E-state index in [2.05, 4.69) is 22.4 Å². The van der Waals surface area contributed by atoms with E-state index in [0.717, 1.165) is 30.8 Å². The van der Waals surface area contributed by atoms with Crippen LogP contribution in [0.1, 0.15) is 45.1 Å². The number of piperidine rings is 1. The highest BCUT2D eigenvalue weighted by Gasteiger charge is 2.13. The Kier molecular flexibility index (Phi) is 8.25. The fourth-order valence-electron chi connectivity index (χ4n) is 2.74. The van der Waals surface area contributed by atoms with Crippen molar-refractivity contribution in [3.63, 3.8) is 0 Å². The average molecular weight is 347 g/mol. The van der Waals surface area contributed by atoms with Gasteiger partial charge >= 0.3 is 0 Å². The fourth-order valence-corrected chi connectivity index (χ4v) is 2.74. The van der Waals surface area contributed by atoms with Gasteiger partial charge in [0.1, 0.15) is 0 Å². The molecule has 138 valence electrons. The van der Waals surface area contributed by atoms with Crippen LogP contribution in [-0.4, -0.2) is 49.9 Å². The molecule has 0 spiro atoms. The van der Waals surface area contributed by atoms with E-state index < -0.39 is 0 Å². The third kappa shape index (κ3) is 6.74. The van der Waals surface area contributed by atoms with Crippen LogP contribution in [0.5, 0.6) is 11.5 Å². The third-order valence-electron chi connectivity index (χ3n) is 3.95. The van der Waals surface area contributed by atoms with Crippen molar-refractivity contribution in [3.05, 3.63) is 23.8 Å². The number of likely N-dealkylation sites (tertiary alicyclic amines) is 1. The highest BCUT2D eigenvalue weighted by atomic mass is 16.5. The summed E-state index contributed by atoms with van der Waals surface area (Å²) in [6.45, 7) is 7.61. The van der Waals surface area contributed by atoms with Crippen LogP contribution in [0.15, 0.2) is 23.3 Å². The van der Waals surface area contributed by atoms with E-state index in [-0.39, 0.29) is 5.91 Å². The first-order chi connectivity index (χ1) is 12.2. The number of nitrogens with zero attached hydrogens (tertiary/aromatic N) is 2. The number of benzene rings is 1. The maximum atomic E-state index is 11.9. The summed E-state index contributed by atoms with van der Waals surface area (Å²) in [5.74, 6) is 1.35. The number of ether oxygens (including phenoxy) is 2. The Hall–Kier alpha value is -2.08. The molecule has 1 aromatic carbocycles. The first-order valence-electron chi connectivity index (χ1n) is 9.16. The molecule has 0 saturated carbocycles. The predicted molar refractivity (Wildman–Crippen MR) is 99.4 cm³/mol. The first-order valence-corrected chi connectivity index (χ1v) is 9.16. The zero-order chi connectivity index (χ0) is 17.9. The zero-order valence-electron chi connectivity index (χ0n) is 15.3. The van der Waals surface area contributed by atoms with Crippen molar-refractivity contribution in [1.29, 1.82) is 0 Å². The number of rotatable bonds is 9. The van der Waals surface area contributed by atoms with Gasteiger partial charge in [0.25, 0.3) is 5.91 Å². The van der Waals surface area contributed by atoms with Gasteiger partial charge in [-0.05, 0) is 63.0 Å². The van der Waals surface area contributed by atoms with Gasteiger partial charge in [-0.1, -0.05) is 13.3 Å². The standard InChI is InChI=1S/C19H29N3O3/c1-3-12-25-17-9-8-16(13-18(17)24-4-2)14-20-21-19(23)15-22-10-6-5-7-11-22/h8-9,13-14H,3-7,10-12,15H2,1-2H3,(H,21,23). The highest BCUT2D eigenvalue weighted by Crippen LogP contribution is 2.28. The van der Waals surface area contributed by atoms with Crippen molar-refractivity contribution in [2.24, 2.45) is 5.10 Å². The minimum Gasteiger partial charge on any atom is -0.490 e. The lowest BCUT2D eigenvalue weighted by atomic mass is 10.1. The van der Waals surface area contributed by atoms with Crippen molar-refractivity contribution in [1.82, 2.24) is 10.3 Å². The Morgan fingerprint density at radius 2 is 2.00 bits per heavy atom. The van der Waals surface area contributed by atoms with E-state index in [1.165, 1.54) is 19.3 Å². The van der Waals surface area contributed by atoms with Crippen LogP contribution in [-0.2, 0) is 4.79 Å². The summed E-state index contributed by atoms with van der Waals surface area (Å²) in [6, 6.07) is 5.64. The van der Waals surface area contributed by atoms with E-state index in [1.54, 1.807) is 6.21 Å². The molecule has 6 heteroatoms. The second-order valence-corrected chi connectivity index (χ2v) is 6.12. The van der Waals surface area contributed by atoms with Gasteiger partial charge in [-0.2, -0.15) is 5.10 Å². The maximum Gasteiger partial charge on any atom is 0.254 e. The third-order valence-corrected chi connectivity index (χ3v) is 3.95. The molecular formula is C19H29N3O3. The van der Waals surface area contributed by atoms with Crippen LogP contribution in [0, 0.1) is 0 Å². The molecule has 0 atom stereocenters. The van der Waals surface area contributed by atoms with Crippen molar-refractivity contribution in [2.75, 3.05) is 32.8 Å². The van der Waals surface area contributed by atoms with E-state index >= 15 is 0 Å². The predicted octanol–water partition coefficient (Wildman–Crippen LogP) is 2.81. The maximum absolute atomic E-state index is 11.9. The Morgan fingerprint density at radius 1 is 1.20 bits per heavy atom. The Bertz CT molecular complexity index is 569. The Labute approximate surface area is 150 Å². The van der Waals surface area contributed by atoms with Crippen molar-refractivity contribution in [2.45, 2.75) is 39.5 Å². The van der Waals surface area contributed by atoms with E-state index in [4.69, 9.17) is 9.47 Å². The summed E-state index contributed by atoms with van der Waals surface area (Å²) < 4.78 is 11.3. The molecule has 1 fully saturated rings. The molecule has 1 heterocycles. The highest BCUT2D eigenvalue weighted by molar-refractivity contribution is 5.83. The molecule has 1 aliphatic heterocycles. The summed E-state index contributed by atoms with van der Waals surface area (Å²) in [4.78, 5) is 14.1. The van der Waals surface area contributed by atoms with E-state index in [9.17, 15) is 4.79 Å². The van der Waals surface area contributed by atoms with Gasteiger partial charge in [0.05, 0.1) is 26.0 Å². The minimum absolute atomic E-state index is 0.0777. The molecule has 2 rings (SSSR count). The number of hydrazone groups is 1. The molecule has 1 aromatic rings. The van der Waals surface area contributed by atoms with Crippen LogP contribution in [0.4, 0.5) is 0 Å². The number of carbonyl (C=O) groups is 1. The topological polar surface area (TPSA) is 63.2 Å². The molecule has 1 aliphatic rings. The SMILES string of the molecule is CCCOc1ccc(C=NNC(=O)CN2CCCCC2)cc1OCC. The van der Waals surface area contributed by atoms with Crippen LogP contribution in [0.2, 0.25) is 0 Å². The number of hydrogen-bond acceptors (Lipinski definition) is 5. The second kappa shape index (κ2) is 10.7. The Morgan fingerprint density at radius 3 is 2.72 bits per heavy atom. The average Bonchev–Trinajstić information content (AvgIpc) is 2.62. The molecule has 0 aliphatic carbocycles. The van der Waals surface area contributed by atoms with Gasteiger partial charge < -0.3 is 9.47 Å². The van der Waals surface area contributed by atoms with Gasteiger partial charge in [-0.15, -0.1) is 0 Å². The lowest BCUT2D eigenvalue weighted by Gasteiger charge is -2.25. The molecule has 1 saturated heterocycles. The summed E-state index contributed by atoms with van der Waals surface area (Å²) in [7, 11) is 0. The van der Waals surface area contributed by atoms with Crippen molar-refractivity contribution >= 4 is 12.1 Å². The number of carbonyl (C=O) groups excluding carboxylic acids is 1. The molecule has 0 radical (unpaired) electrons. The van der Waals surface area contributed by atoms with E-state index in [0.29, 0.717) is 25.5 Å². The van der Waals surface area contributed by atoms with Crippen LogP contribution >= 0.6 is 0 Å². The molecular weight excluding hydrogens is 318 g/mol. The van der Waals surface area contributed by atoms with Gasteiger partial charge in [-0.25, -0.2) is 5.43 Å². The molecule has 25 heavy (non-hydrogen) atoms. The van der Waals surface area contributed by atoms with Gasteiger partial charge in [0, 0.05) is 0 Å². The van der Waals surface area contributed by atoms with Gasteiger partial charge in [0.15, 0.2) is 11.5 Å². The largest absolute Gasteiger partial charge is 0.490 e. The summed E-state index contributed by atoms with van der Waals surface area (Å²) in [5.41, 5.74) is 3.45. The fraction of sp³-hybridized carbons (Fsp3) is 0.579. The summed E-state index contributed by atoms with van der Waals surface area (Å²) in [5, 5.41) is 4.05. The quantitative estimate of drug-likeness (QED) is 0.551. The number of nitrogens with one attached hydrogen (secondary N) is 1. The molecule has 1 N–H and O–H groups in total. The summed E-state index contributed by atoms with van der Waals surface area (Å²) in [6.07, 6.45) is 6.17. The second-order valence-electron chi connectivity index (χ2n) is 6.12. The molecule has 0 unspecified atom stereocenters. The minimum atomic E-state index is -0.0777. The van der Waals surface area contributed by atoms with Crippen molar-refractivity contribution < 1.29 is 14.3 Å². The van der Waals surface area contributed by atoms with Crippen molar-refractivity contribution in [3.8, 4) is 11.5 Å². The molecule has 0 bridgehead atoms. The first kappa shape index (κ1) is 19.2. The van der Waals surface area contributed by atoms with Crippen LogP contribution in [0.3, 0.4) is 0 Å². The van der Waals surface area contributed by atoms with E-state index in [1.807, 2.05) is 25.1 Å². The lowest BCUT2D eigenvalue weighted by Crippen LogP contribution is -2.38. The monoisotopic (exact) mass is 347 g/mol. The smallest absolute Gasteiger partial charge is 0.254 e. The van der Waals surface area contributed by atoms with Gasteiger partial charge in [0.2, 0.25) is 0 Å². The van der Waals surface area contributed by atoms with Gasteiger partial charge in [-0.3, -0.25) is 9.69 Å². The molecule has 0 aromatic heterocycles. The number of hydrogen-bond donors (Lipinski definition) is 1. The Balaban J connectivity index is 1.88. The summed E-state index contributed by atoms with van der Waals surface area (Å²) >= 11 is 0. The number of amides is 1. The van der Waals surface area contributed by atoms with Crippen LogP contribution < -0.4 is 14.9 Å². The normalized spacial score (nSPS) is 15.3. The molecule has 1 amide bonds. The lowest BCUT2D eigenvalue weighted by molar-refractivity contribution is -0.122. The zero-order valence-corrected chi connectivity index (χ0v) is 15.3. The van der Waals surface area contributed by atoms with Crippen LogP contribution in [0.25, 0.3) is 0 Å². The molecule has 6 nitrogen and oxygen atoms in total.